The quantitative estimate of drug-likeness (QED) is 0.210. The summed E-state index contributed by atoms with van der Waals surface area (Å²) in [4.78, 5) is 10.9. The fourth-order valence-corrected chi connectivity index (χ4v) is 9.85. The van der Waals surface area contributed by atoms with Crippen molar-refractivity contribution < 1.29 is 0 Å². The Balaban J connectivity index is 1.47. The minimum Gasteiger partial charge on any atom is -0.228 e. The third-order valence-corrected chi connectivity index (χ3v) is 12.1. The van der Waals surface area contributed by atoms with Gasteiger partial charge in [0.2, 0.25) is 0 Å². The number of fused-ring (bicyclic) bond motifs is 6. The van der Waals surface area contributed by atoms with E-state index in [2.05, 4.69) is 147 Å². The maximum Gasteiger partial charge on any atom is 0.161 e. The van der Waals surface area contributed by atoms with E-state index in [-0.39, 0.29) is 0 Å². The van der Waals surface area contributed by atoms with Crippen molar-refractivity contribution in [3.05, 3.63) is 133 Å². The van der Waals surface area contributed by atoms with Gasteiger partial charge >= 0.3 is 0 Å². The predicted octanol–water partition coefficient (Wildman–Crippen LogP) is 8.59. The van der Waals surface area contributed by atoms with Crippen molar-refractivity contribution in [2.24, 2.45) is 0 Å². The normalized spacial score (nSPS) is 13.3. The van der Waals surface area contributed by atoms with Gasteiger partial charge < -0.3 is 0 Å². The molecule has 0 saturated heterocycles. The lowest BCUT2D eigenvalue weighted by Crippen LogP contribution is -2.50. The standard InChI is InChI=1S/C38H28N2Si/c1-41(2)33-23-22-27-15-7-9-20-31(27)34(33)36-37(41)35(29-18-10-17-28(24-29)25-12-4-3-5-13-25)39-38(40-36)32-21-11-16-26-14-6-8-19-30(26)32/h3-24H,1-2H3. The molecule has 0 fully saturated rings. The van der Waals surface area contributed by atoms with E-state index in [4.69, 9.17) is 9.97 Å². The van der Waals surface area contributed by atoms with Gasteiger partial charge in [-0.05, 0) is 49.1 Å². The molecule has 41 heavy (non-hydrogen) atoms. The lowest BCUT2D eigenvalue weighted by atomic mass is 9.98. The summed E-state index contributed by atoms with van der Waals surface area (Å²) < 4.78 is 0. The maximum atomic E-state index is 5.45. The monoisotopic (exact) mass is 540 g/mol. The predicted molar refractivity (Wildman–Crippen MR) is 176 cm³/mol. The molecule has 8 rings (SSSR count). The molecule has 7 aromatic rings. The molecule has 1 aliphatic heterocycles. The summed E-state index contributed by atoms with van der Waals surface area (Å²) in [7, 11) is -2.13. The Morgan fingerprint density at radius 2 is 1.10 bits per heavy atom. The fraction of sp³-hybridized carbons (Fsp3) is 0.0526. The molecule has 194 valence electrons. The SMILES string of the molecule is C[Si]1(C)c2ccc3ccccc3c2-c2nc(-c3cccc4ccccc34)nc(-c3cccc(-c4ccccc4)c3)c21. The van der Waals surface area contributed by atoms with E-state index >= 15 is 0 Å². The highest BCUT2D eigenvalue weighted by molar-refractivity contribution is 7.04. The Morgan fingerprint density at radius 1 is 0.488 bits per heavy atom. The molecule has 0 atom stereocenters. The van der Waals surface area contributed by atoms with Gasteiger partial charge in [-0.15, -0.1) is 0 Å². The highest BCUT2D eigenvalue weighted by Gasteiger charge is 2.42. The zero-order valence-corrected chi connectivity index (χ0v) is 24.1. The molecule has 0 N–H and O–H groups in total. The molecule has 0 aliphatic carbocycles. The van der Waals surface area contributed by atoms with Gasteiger partial charge in [-0.25, -0.2) is 9.97 Å². The second kappa shape index (κ2) is 9.08. The second-order valence-corrected chi connectivity index (χ2v) is 15.7. The van der Waals surface area contributed by atoms with Crippen molar-refractivity contribution in [3.8, 4) is 45.0 Å². The van der Waals surface area contributed by atoms with Gasteiger partial charge in [-0.3, -0.25) is 0 Å². The maximum absolute atomic E-state index is 5.45. The van der Waals surface area contributed by atoms with Gasteiger partial charge in [0.25, 0.3) is 0 Å². The topological polar surface area (TPSA) is 25.8 Å². The van der Waals surface area contributed by atoms with Crippen LogP contribution in [0.5, 0.6) is 0 Å². The number of nitrogens with zero attached hydrogens (tertiary/aromatic N) is 2. The molecule has 0 radical (unpaired) electrons. The van der Waals surface area contributed by atoms with Crippen LogP contribution in [0.3, 0.4) is 0 Å². The van der Waals surface area contributed by atoms with Crippen LogP contribution in [-0.4, -0.2) is 18.0 Å². The number of benzene rings is 6. The van der Waals surface area contributed by atoms with Crippen molar-refractivity contribution in [1.29, 1.82) is 0 Å². The van der Waals surface area contributed by atoms with Crippen LogP contribution in [0.25, 0.3) is 66.6 Å². The van der Waals surface area contributed by atoms with Crippen LogP contribution in [0.1, 0.15) is 0 Å². The minimum absolute atomic E-state index is 0.784. The summed E-state index contributed by atoms with van der Waals surface area (Å²) in [6, 6.07) is 47.8. The molecule has 0 bridgehead atoms. The fourth-order valence-electron chi connectivity index (χ4n) is 6.64. The van der Waals surface area contributed by atoms with Gasteiger partial charge in [-0.1, -0.05) is 140 Å². The number of hydrogen-bond donors (Lipinski definition) is 0. The molecule has 0 spiro atoms. The van der Waals surface area contributed by atoms with Crippen LogP contribution in [0, 0.1) is 0 Å². The van der Waals surface area contributed by atoms with Crippen LogP contribution in [0.15, 0.2) is 133 Å². The second-order valence-electron chi connectivity index (χ2n) is 11.4. The van der Waals surface area contributed by atoms with Gasteiger partial charge in [0.15, 0.2) is 5.82 Å². The summed E-state index contributed by atoms with van der Waals surface area (Å²) in [6.45, 7) is 4.91. The summed E-state index contributed by atoms with van der Waals surface area (Å²) in [5.41, 5.74) is 8.07. The van der Waals surface area contributed by atoms with Gasteiger partial charge in [0.05, 0.1) is 11.4 Å². The average molecular weight is 541 g/mol. The van der Waals surface area contributed by atoms with Gasteiger partial charge in [0, 0.05) is 16.7 Å². The van der Waals surface area contributed by atoms with Crippen LogP contribution in [0.2, 0.25) is 13.1 Å². The van der Waals surface area contributed by atoms with E-state index in [0.717, 1.165) is 28.3 Å². The molecule has 1 aliphatic rings. The number of aromatic nitrogens is 2. The van der Waals surface area contributed by atoms with E-state index in [0.29, 0.717) is 0 Å². The van der Waals surface area contributed by atoms with Crippen LogP contribution in [-0.2, 0) is 0 Å². The molecule has 6 aromatic carbocycles. The molecule has 3 heteroatoms. The Hall–Kier alpha value is -4.86. The molecule has 1 aromatic heterocycles. The Kier molecular flexibility index (Phi) is 5.31. The molecule has 0 amide bonds. The first-order valence-electron chi connectivity index (χ1n) is 14.2. The summed E-state index contributed by atoms with van der Waals surface area (Å²) >= 11 is 0. The third kappa shape index (κ3) is 3.70. The van der Waals surface area contributed by atoms with Gasteiger partial charge in [0.1, 0.15) is 8.07 Å². The highest BCUT2D eigenvalue weighted by Crippen LogP contribution is 2.38. The lowest BCUT2D eigenvalue weighted by Gasteiger charge is -2.22. The van der Waals surface area contributed by atoms with Crippen molar-refractivity contribution in [2.75, 3.05) is 0 Å². The highest BCUT2D eigenvalue weighted by atomic mass is 28.3. The number of rotatable bonds is 3. The number of hydrogen-bond acceptors (Lipinski definition) is 2. The van der Waals surface area contributed by atoms with Gasteiger partial charge in [-0.2, -0.15) is 0 Å². The van der Waals surface area contributed by atoms with Crippen LogP contribution >= 0.6 is 0 Å². The zero-order chi connectivity index (χ0) is 27.6. The molecule has 2 heterocycles. The zero-order valence-electron chi connectivity index (χ0n) is 23.1. The van der Waals surface area contributed by atoms with Crippen molar-refractivity contribution >= 4 is 40.0 Å². The van der Waals surface area contributed by atoms with Crippen LogP contribution < -0.4 is 10.4 Å². The average Bonchev–Trinajstić information content (AvgIpc) is 3.27. The molecular formula is C38H28N2Si. The first-order chi connectivity index (χ1) is 20.1. The van der Waals surface area contributed by atoms with E-state index in [1.54, 1.807) is 0 Å². The van der Waals surface area contributed by atoms with E-state index in [9.17, 15) is 0 Å². The first-order valence-corrected chi connectivity index (χ1v) is 17.2. The van der Waals surface area contributed by atoms with Crippen molar-refractivity contribution in [2.45, 2.75) is 13.1 Å². The smallest absolute Gasteiger partial charge is 0.161 e. The third-order valence-electron chi connectivity index (χ3n) is 8.65. The Labute approximate surface area is 241 Å². The molecule has 2 nitrogen and oxygen atoms in total. The largest absolute Gasteiger partial charge is 0.228 e. The molecular weight excluding hydrogens is 513 g/mol. The van der Waals surface area contributed by atoms with Crippen LogP contribution in [0.4, 0.5) is 0 Å². The van der Waals surface area contributed by atoms with E-state index < -0.39 is 8.07 Å². The minimum atomic E-state index is -2.13. The summed E-state index contributed by atoms with van der Waals surface area (Å²) in [5, 5.41) is 7.67. The van der Waals surface area contributed by atoms with E-state index in [1.165, 1.54) is 48.6 Å². The lowest BCUT2D eigenvalue weighted by molar-refractivity contribution is 1.21. The Bertz CT molecular complexity index is 2120. The first kappa shape index (κ1) is 24.0. The summed E-state index contributed by atoms with van der Waals surface area (Å²) in [6.07, 6.45) is 0. The Morgan fingerprint density at radius 3 is 1.93 bits per heavy atom. The van der Waals surface area contributed by atoms with Crippen molar-refractivity contribution in [3.63, 3.8) is 0 Å². The molecule has 0 unspecified atom stereocenters. The summed E-state index contributed by atoms with van der Waals surface area (Å²) in [5.74, 6) is 0.784. The van der Waals surface area contributed by atoms with Crippen molar-refractivity contribution in [1.82, 2.24) is 9.97 Å². The van der Waals surface area contributed by atoms with E-state index in [1.807, 2.05) is 0 Å². The molecule has 0 saturated carbocycles.